The van der Waals surface area contributed by atoms with Crippen LogP contribution in [0, 0.1) is 13.8 Å². The number of anilines is 1. The Hall–Kier alpha value is -1.29. The van der Waals surface area contributed by atoms with Gasteiger partial charge in [-0.1, -0.05) is 12.1 Å². The summed E-state index contributed by atoms with van der Waals surface area (Å²) < 4.78 is 0. The van der Waals surface area contributed by atoms with Crippen LogP contribution in [-0.4, -0.2) is 42.2 Å². The van der Waals surface area contributed by atoms with Crippen LogP contribution in [0.4, 0.5) is 5.69 Å². The standard InChI is InChI=1S/C16H23N3S/c1-12-4-3-5-15(13(12)2)18-8-10-19(11-9-18)16(20)17-14-6-7-14/h3-5,14H,6-11H2,1-2H3,(H,17,20). The summed E-state index contributed by atoms with van der Waals surface area (Å²) in [6, 6.07) is 7.23. The highest BCUT2D eigenvalue weighted by atomic mass is 32.1. The van der Waals surface area contributed by atoms with Gasteiger partial charge in [0.15, 0.2) is 5.11 Å². The molecule has 1 aliphatic heterocycles. The number of hydrogen-bond acceptors (Lipinski definition) is 2. The monoisotopic (exact) mass is 289 g/mol. The molecule has 1 aromatic carbocycles. The predicted octanol–water partition coefficient (Wildman–Crippen LogP) is 2.46. The first-order valence-electron chi connectivity index (χ1n) is 7.52. The average Bonchev–Trinajstić information content (AvgIpc) is 3.26. The largest absolute Gasteiger partial charge is 0.368 e. The summed E-state index contributed by atoms with van der Waals surface area (Å²) in [7, 11) is 0. The highest BCUT2D eigenvalue weighted by Gasteiger charge is 2.26. The lowest BCUT2D eigenvalue weighted by atomic mass is 10.1. The number of nitrogens with zero attached hydrogens (tertiary/aromatic N) is 2. The van der Waals surface area contributed by atoms with Gasteiger partial charge >= 0.3 is 0 Å². The van der Waals surface area contributed by atoms with Crippen LogP contribution in [0.2, 0.25) is 0 Å². The van der Waals surface area contributed by atoms with Crippen molar-refractivity contribution in [3.63, 3.8) is 0 Å². The Morgan fingerprint density at radius 1 is 1.15 bits per heavy atom. The summed E-state index contributed by atoms with van der Waals surface area (Å²) in [5.41, 5.74) is 4.15. The molecule has 108 valence electrons. The van der Waals surface area contributed by atoms with Gasteiger partial charge in [-0.2, -0.15) is 0 Å². The second-order valence-corrected chi connectivity index (χ2v) is 6.30. The quantitative estimate of drug-likeness (QED) is 0.843. The van der Waals surface area contributed by atoms with E-state index in [1.165, 1.54) is 29.7 Å². The normalized spacial score (nSPS) is 19.1. The number of rotatable bonds is 2. The van der Waals surface area contributed by atoms with Crippen LogP contribution in [0.3, 0.4) is 0 Å². The van der Waals surface area contributed by atoms with E-state index >= 15 is 0 Å². The fraction of sp³-hybridized carbons (Fsp3) is 0.562. The van der Waals surface area contributed by atoms with Crippen LogP contribution in [0.5, 0.6) is 0 Å². The van der Waals surface area contributed by atoms with Crippen molar-refractivity contribution in [3.05, 3.63) is 29.3 Å². The molecule has 0 spiro atoms. The highest BCUT2D eigenvalue weighted by Crippen LogP contribution is 2.24. The molecule has 0 aromatic heterocycles. The Kier molecular flexibility index (Phi) is 3.83. The van der Waals surface area contributed by atoms with Crippen LogP contribution < -0.4 is 10.2 Å². The van der Waals surface area contributed by atoms with E-state index in [0.29, 0.717) is 6.04 Å². The summed E-state index contributed by atoms with van der Waals surface area (Å²) in [6.07, 6.45) is 2.56. The summed E-state index contributed by atoms with van der Waals surface area (Å²) in [5.74, 6) is 0. The van der Waals surface area contributed by atoms with Gasteiger partial charge < -0.3 is 15.1 Å². The minimum atomic E-state index is 0.652. The molecule has 2 aliphatic rings. The Bertz CT molecular complexity index is 502. The third kappa shape index (κ3) is 2.90. The molecule has 3 rings (SSSR count). The molecule has 1 N–H and O–H groups in total. The number of aryl methyl sites for hydroxylation is 1. The number of hydrogen-bond donors (Lipinski definition) is 1. The zero-order chi connectivity index (χ0) is 14.1. The van der Waals surface area contributed by atoms with E-state index < -0.39 is 0 Å². The fourth-order valence-corrected chi connectivity index (χ4v) is 3.07. The van der Waals surface area contributed by atoms with Crippen LogP contribution in [0.15, 0.2) is 18.2 Å². The number of benzene rings is 1. The third-order valence-electron chi connectivity index (χ3n) is 4.39. The molecule has 1 heterocycles. The summed E-state index contributed by atoms with van der Waals surface area (Å²) in [5, 5.41) is 4.39. The molecule has 3 nitrogen and oxygen atoms in total. The lowest BCUT2D eigenvalue weighted by Crippen LogP contribution is -2.52. The summed E-state index contributed by atoms with van der Waals surface area (Å²) in [6.45, 7) is 8.55. The predicted molar refractivity (Wildman–Crippen MR) is 88.5 cm³/mol. The van der Waals surface area contributed by atoms with Crippen molar-refractivity contribution in [2.45, 2.75) is 32.7 Å². The lowest BCUT2D eigenvalue weighted by molar-refractivity contribution is 0.379. The molecular weight excluding hydrogens is 266 g/mol. The Balaban J connectivity index is 1.60. The average molecular weight is 289 g/mol. The van der Waals surface area contributed by atoms with Gasteiger partial charge in [-0.25, -0.2) is 0 Å². The SMILES string of the molecule is Cc1cccc(N2CCN(C(=S)NC3CC3)CC2)c1C. The van der Waals surface area contributed by atoms with Gasteiger partial charge in [0.2, 0.25) is 0 Å². The molecule has 20 heavy (non-hydrogen) atoms. The maximum absolute atomic E-state index is 5.49. The lowest BCUT2D eigenvalue weighted by Gasteiger charge is -2.38. The first kappa shape index (κ1) is 13.7. The van der Waals surface area contributed by atoms with Crippen LogP contribution in [-0.2, 0) is 0 Å². The number of piperazine rings is 1. The number of nitrogens with one attached hydrogen (secondary N) is 1. The Morgan fingerprint density at radius 3 is 2.50 bits per heavy atom. The summed E-state index contributed by atoms with van der Waals surface area (Å²) >= 11 is 5.49. The maximum atomic E-state index is 5.49. The third-order valence-corrected chi connectivity index (χ3v) is 4.76. The molecule has 1 aromatic rings. The minimum Gasteiger partial charge on any atom is -0.368 e. The molecule has 0 bridgehead atoms. The van der Waals surface area contributed by atoms with E-state index in [4.69, 9.17) is 12.2 Å². The van der Waals surface area contributed by atoms with E-state index in [-0.39, 0.29) is 0 Å². The van der Waals surface area contributed by atoms with Crippen molar-refractivity contribution in [3.8, 4) is 0 Å². The van der Waals surface area contributed by atoms with Gasteiger partial charge in [0.1, 0.15) is 0 Å². The molecule has 0 atom stereocenters. The summed E-state index contributed by atoms with van der Waals surface area (Å²) in [4.78, 5) is 4.80. The molecule has 1 aliphatic carbocycles. The second-order valence-electron chi connectivity index (χ2n) is 5.92. The van der Waals surface area contributed by atoms with Gasteiger partial charge in [0.05, 0.1) is 0 Å². The van der Waals surface area contributed by atoms with Crippen molar-refractivity contribution < 1.29 is 0 Å². The zero-order valence-electron chi connectivity index (χ0n) is 12.4. The topological polar surface area (TPSA) is 18.5 Å². The van der Waals surface area contributed by atoms with Gasteiger partial charge in [0, 0.05) is 37.9 Å². The van der Waals surface area contributed by atoms with E-state index in [1.54, 1.807) is 0 Å². The minimum absolute atomic E-state index is 0.652. The van der Waals surface area contributed by atoms with Gasteiger partial charge in [-0.05, 0) is 56.1 Å². The number of thiocarbonyl (C=S) groups is 1. The van der Waals surface area contributed by atoms with Crippen molar-refractivity contribution >= 4 is 23.0 Å². The van der Waals surface area contributed by atoms with Gasteiger partial charge in [-0.15, -0.1) is 0 Å². The van der Waals surface area contributed by atoms with E-state index in [2.05, 4.69) is 47.2 Å². The van der Waals surface area contributed by atoms with Crippen molar-refractivity contribution in [2.75, 3.05) is 31.1 Å². The molecule has 0 amide bonds. The van der Waals surface area contributed by atoms with Crippen molar-refractivity contribution in [1.82, 2.24) is 10.2 Å². The van der Waals surface area contributed by atoms with E-state index in [0.717, 1.165) is 31.3 Å². The van der Waals surface area contributed by atoms with Crippen LogP contribution >= 0.6 is 12.2 Å². The molecule has 0 unspecified atom stereocenters. The molecule has 0 radical (unpaired) electrons. The van der Waals surface area contributed by atoms with Crippen molar-refractivity contribution in [1.29, 1.82) is 0 Å². The highest BCUT2D eigenvalue weighted by molar-refractivity contribution is 7.80. The first-order valence-corrected chi connectivity index (χ1v) is 7.92. The van der Waals surface area contributed by atoms with E-state index in [1.807, 2.05) is 0 Å². The Morgan fingerprint density at radius 2 is 1.85 bits per heavy atom. The second kappa shape index (κ2) is 5.60. The zero-order valence-corrected chi connectivity index (χ0v) is 13.2. The molecule has 1 saturated heterocycles. The molecule has 1 saturated carbocycles. The van der Waals surface area contributed by atoms with Crippen LogP contribution in [0.1, 0.15) is 24.0 Å². The van der Waals surface area contributed by atoms with Crippen molar-refractivity contribution in [2.24, 2.45) is 0 Å². The smallest absolute Gasteiger partial charge is 0.169 e. The van der Waals surface area contributed by atoms with Crippen LogP contribution in [0.25, 0.3) is 0 Å². The van der Waals surface area contributed by atoms with E-state index in [9.17, 15) is 0 Å². The Labute approximate surface area is 126 Å². The molecule has 4 heteroatoms. The molecular formula is C16H23N3S. The first-order chi connectivity index (χ1) is 9.65. The fourth-order valence-electron chi connectivity index (χ4n) is 2.72. The molecule has 2 fully saturated rings. The maximum Gasteiger partial charge on any atom is 0.169 e. The van der Waals surface area contributed by atoms with Gasteiger partial charge in [-0.3, -0.25) is 0 Å². The van der Waals surface area contributed by atoms with Gasteiger partial charge in [0.25, 0.3) is 0 Å².